The molecule has 0 aliphatic heterocycles. The molecule has 1 atom stereocenters. The van der Waals surface area contributed by atoms with Crippen molar-refractivity contribution in [3.05, 3.63) is 47.4 Å². The molecule has 11 nitrogen and oxygen atoms in total. The zero-order chi connectivity index (χ0) is 22.5. The number of aromatic nitrogens is 5. The van der Waals surface area contributed by atoms with E-state index in [2.05, 4.69) is 25.6 Å². The van der Waals surface area contributed by atoms with Crippen molar-refractivity contribution in [3.63, 3.8) is 0 Å². The molecule has 0 saturated carbocycles. The number of pyridine rings is 2. The van der Waals surface area contributed by atoms with Crippen LogP contribution in [0.25, 0.3) is 11.4 Å². The van der Waals surface area contributed by atoms with Crippen LogP contribution in [0, 0.1) is 0 Å². The van der Waals surface area contributed by atoms with Gasteiger partial charge >= 0.3 is 12.2 Å². The van der Waals surface area contributed by atoms with Crippen molar-refractivity contribution in [3.8, 4) is 11.4 Å². The largest absolute Gasteiger partial charge is 0.465 e. The van der Waals surface area contributed by atoms with Crippen molar-refractivity contribution >= 4 is 35.3 Å². The van der Waals surface area contributed by atoms with Gasteiger partial charge in [0.2, 0.25) is 0 Å². The van der Waals surface area contributed by atoms with E-state index in [-0.39, 0.29) is 23.3 Å². The average Bonchev–Trinajstić information content (AvgIpc) is 3.10. The first-order valence-electron chi connectivity index (χ1n) is 9.25. The molecule has 2 amide bonds. The Morgan fingerprint density at radius 1 is 1.32 bits per heavy atom. The topological polar surface area (TPSA) is 135 Å². The lowest BCUT2D eigenvalue weighted by Crippen LogP contribution is -2.34. The van der Waals surface area contributed by atoms with E-state index < -0.39 is 18.2 Å². The van der Waals surface area contributed by atoms with Gasteiger partial charge in [-0.15, -0.1) is 5.10 Å². The van der Waals surface area contributed by atoms with Crippen LogP contribution < -0.4 is 10.2 Å². The van der Waals surface area contributed by atoms with Crippen LogP contribution in [0.5, 0.6) is 0 Å². The molecule has 0 aliphatic rings. The van der Waals surface area contributed by atoms with Crippen LogP contribution in [-0.4, -0.2) is 48.9 Å². The first-order valence-corrected chi connectivity index (χ1v) is 9.63. The van der Waals surface area contributed by atoms with E-state index in [1.165, 1.54) is 17.1 Å². The number of nitrogens with one attached hydrogen (secondary N) is 1. The van der Waals surface area contributed by atoms with Gasteiger partial charge in [0.15, 0.2) is 11.5 Å². The monoisotopic (exact) mass is 445 g/mol. The lowest BCUT2D eigenvalue weighted by Gasteiger charge is -2.27. The molecule has 2 N–H and O–H groups in total. The summed E-state index contributed by atoms with van der Waals surface area (Å²) >= 11 is 6.18. The predicted molar refractivity (Wildman–Crippen MR) is 113 cm³/mol. The third-order valence-corrected chi connectivity index (χ3v) is 4.70. The average molecular weight is 446 g/mol. The Hall–Kier alpha value is -3.73. The first-order chi connectivity index (χ1) is 14.8. The molecule has 12 heteroatoms. The van der Waals surface area contributed by atoms with E-state index in [1.807, 2.05) is 0 Å². The Kier molecular flexibility index (Phi) is 6.65. The number of carboxylic acid groups (broad SMARTS) is 1. The summed E-state index contributed by atoms with van der Waals surface area (Å²) in [4.78, 5) is 33.2. The number of hydrogen-bond acceptors (Lipinski definition) is 7. The summed E-state index contributed by atoms with van der Waals surface area (Å²) in [6, 6.07) is 5.89. The van der Waals surface area contributed by atoms with Gasteiger partial charge < -0.3 is 9.84 Å². The van der Waals surface area contributed by atoms with Crippen molar-refractivity contribution in [1.29, 1.82) is 0 Å². The summed E-state index contributed by atoms with van der Waals surface area (Å²) in [7, 11) is 1.58. The molecular weight excluding hydrogens is 426 g/mol. The number of amides is 2. The number of anilines is 2. The van der Waals surface area contributed by atoms with E-state index in [9.17, 15) is 14.7 Å². The number of carbonyl (C=O) groups is 2. The van der Waals surface area contributed by atoms with Gasteiger partial charge in [-0.1, -0.05) is 22.9 Å². The van der Waals surface area contributed by atoms with E-state index in [0.29, 0.717) is 16.9 Å². The normalized spacial score (nSPS) is 11.6. The summed E-state index contributed by atoms with van der Waals surface area (Å²) in [5.41, 5.74) is 1.56. The Morgan fingerprint density at radius 2 is 2.10 bits per heavy atom. The molecule has 3 aromatic heterocycles. The molecule has 0 bridgehead atoms. The van der Waals surface area contributed by atoms with Crippen molar-refractivity contribution in [2.75, 3.05) is 16.8 Å². The van der Waals surface area contributed by atoms with E-state index >= 15 is 0 Å². The minimum atomic E-state index is -1.22. The first kappa shape index (κ1) is 22.0. The van der Waals surface area contributed by atoms with Gasteiger partial charge in [0.1, 0.15) is 5.15 Å². The van der Waals surface area contributed by atoms with Crippen LogP contribution >= 0.6 is 11.6 Å². The minimum Gasteiger partial charge on any atom is -0.465 e. The number of hydrogen-bond donors (Lipinski definition) is 2. The lowest BCUT2D eigenvalue weighted by atomic mass is 10.1. The van der Waals surface area contributed by atoms with Crippen LogP contribution in [0.3, 0.4) is 0 Å². The molecule has 1 unspecified atom stereocenters. The van der Waals surface area contributed by atoms with Crippen molar-refractivity contribution in [2.45, 2.75) is 19.9 Å². The zero-order valence-electron chi connectivity index (χ0n) is 17.0. The Balaban J connectivity index is 1.98. The summed E-state index contributed by atoms with van der Waals surface area (Å²) in [5.74, 6) is 0.207. The molecule has 0 spiro atoms. The number of aryl methyl sites for hydroxylation is 1. The number of halogens is 1. The quantitative estimate of drug-likeness (QED) is 0.547. The highest BCUT2D eigenvalue weighted by Crippen LogP contribution is 2.35. The lowest BCUT2D eigenvalue weighted by molar-refractivity contribution is 0.168. The third kappa shape index (κ3) is 4.72. The maximum Gasteiger partial charge on any atom is 0.413 e. The maximum absolute atomic E-state index is 12.2. The Labute approximate surface area is 182 Å². The molecule has 0 aromatic carbocycles. The van der Waals surface area contributed by atoms with Crippen LogP contribution in [0.2, 0.25) is 5.15 Å². The molecule has 162 valence electrons. The second-order valence-electron chi connectivity index (χ2n) is 6.37. The highest BCUT2D eigenvalue weighted by Gasteiger charge is 2.31. The fourth-order valence-corrected chi connectivity index (χ4v) is 3.25. The molecule has 3 heterocycles. The maximum atomic E-state index is 12.2. The van der Waals surface area contributed by atoms with Gasteiger partial charge in [-0.3, -0.25) is 15.2 Å². The van der Waals surface area contributed by atoms with Crippen LogP contribution in [0.1, 0.15) is 25.5 Å². The summed E-state index contributed by atoms with van der Waals surface area (Å²) in [6.45, 7) is 3.63. The fraction of sp³-hybridized carbons (Fsp3) is 0.263. The summed E-state index contributed by atoms with van der Waals surface area (Å²) in [6.07, 6.45) is 1.12. The number of rotatable bonds is 6. The molecule has 0 fully saturated rings. The van der Waals surface area contributed by atoms with Gasteiger partial charge in [0.05, 0.1) is 30.2 Å². The van der Waals surface area contributed by atoms with Gasteiger partial charge in [-0.2, -0.15) is 0 Å². The molecule has 0 aliphatic carbocycles. The van der Waals surface area contributed by atoms with Gasteiger partial charge in [0.25, 0.3) is 0 Å². The number of carbonyl (C=O) groups excluding carboxylic acids is 1. The standard InChI is InChI=1S/C19H20ClN7O4/c1-4-31-18(28)23-12-7-8-14(22-10-12)15-17(26(3)25-24-15)27(19(29)30)11(2)13-6-5-9-21-16(13)20/h5-11H,4H2,1-3H3,(H,23,28)(H,29,30). The van der Waals surface area contributed by atoms with E-state index in [1.54, 1.807) is 45.2 Å². The molecular formula is C19H20ClN7O4. The summed E-state index contributed by atoms with van der Waals surface area (Å²) in [5, 5.41) is 20.8. The van der Waals surface area contributed by atoms with Crippen molar-refractivity contribution in [1.82, 2.24) is 25.0 Å². The SMILES string of the molecule is CCOC(=O)Nc1ccc(-c2nnn(C)c2N(C(=O)O)C(C)c2cccnc2Cl)nc1. The second-order valence-corrected chi connectivity index (χ2v) is 6.73. The van der Waals surface area contributed by atoms with Crippen molar-refractivity contribution in [2.24, 2.45) is 7.05 Å². The number of ether oxygens (including phenoxy) is 1. The molecule has 3 aromatic rings. The van der Waals surface area contributed by atoms with E-state index in [0.717, 1.165) is 4.90 Å². The molecule has 0 saturated heterocycles. The summed E-state index contributed by atoms with van der Waals surface area (Å²) < 4.78 is 6.17. The van der Waals surface area contributed by atoms with E-state index in [4.69, 9.17) is 16.3 Å². The van der Waals surface area contributed by atoms with Gasteiger partial charge in [0, 0.05) is 18.8 Å². The molecule has 31 heavy (non-hydrogen) atoms. The number of nitrogens with zero attached hydrogens (tertiary/aromatic N) is 6. The minimum absolute atomic E-state index is 0.199. The van der Waals surface area contributed by atoms with Crippen molar-refractivity contribution < 1.29 is 19.4 Å². The van der Waals surface area contributed by atoms with Gasteiger partial charge in [-0.05, 0) is 32.0 Å². The highest BCUT2D eigenvalue weighted by atomic mass is 35.5. The third-order valence-electron chi connectivity index (χ3n) is 4.38. The van der Waals surface area contributed by atoms with Gasteiger partial charge in [-0.25, -0.2) is 19.3 Å². The van der Waals surface area contributed by atoms with Crippen LogP contribution in [-0.2, 0) is 11.8 Å². The predicted octanol–water partition coefficient (Wildman–Crippen LogP) is 3.74. The Morgan fingerprint density at radius 3 is 2.71 bits per heavy atom. The fourth-order valence-electron chi connectivity index (χ4n) is 2.97. The highest BCUT2D eigenvalue weighted by molar-refractivity contribution is 6.30. The smallest absolute Gasteiger partial charge is 0.413 e. The van der Waals surface area contributed by atoms with Crippen LogP contribution in [0.4, 0.5) is 21.1 Å². The molecule has 0 radical (unpaired) electrons. The van der Waals surface area contributed by atoms with Crippen LogP contribution in [0.15, 0.2) is 36.7 Å². The second kappa shape index (κ2) is 9.39. The zero-order valence-corrected chi connectivity index (χ0v) is 17.7. The molecule has 3 rings (SSSR count). The Bertz CT molecular complexity index is 1090.